The Bertz CT molecular complexity index is 816. The van der Waals surface area contributed by atoms with Crippen LogP contribution >= 0.6 is 11.8 Å². The number of aryl methyl sites for hydroxylation is 2. The van der Waals surface area contributed by atoms with Crippen LogP contribution in [0.4, 0.5) is 0 Å². The molecule has 3 N–H and O–H groups in total. The molecule has 0 unspecified atom stereocenters. The van der Waals surface area contributed by atoms with E-state index in [2.05, 4.69) is 6.07 Å². The number of nitrogens with two attached hydrogens (primary N) is 1. The molecule has 2 aromatic rings. The van der Waals surface area contributed by atoms with Crippen molar-refractivity contribution in [1.82, 2.24) is 4.57 Å². The zero-order chi connectivity index (χ0) is 16.4. The zero-order valence-electron chi connectivity index (χ0n) is 12.6. The molecular weight excluding hydrogens is 316 g/mol. The lowest BCUT2D eigenvalue weighted by molar-refractivity contribution is 0.0695. The SMILES string of the molecule is NCCOCCSc1cc2c3c(c1)c(=O)c(C(=O)O)cn3CC2. The Balaban J connectivity index is 1.93. The van der Waals surface area contributed by atoms with Crippen LogP contribution in [0.25, 0.3) is 10.9 Å². The summed E-state index contributed by atoms with van der Waals surface area (Å²) >= 11 is 1.60. The maximum Gasteiger partial charge on any atom is 0.341 e. The first-order valence-corrected chi connectivity index (χ1v) is 8.44. The van der Waals surface area contributed by atoms with Gasteiger partial charge in [-0.25, -0.2) is 4.79 Å². The molecule has 1 aliphatic heterocycles. The highest BCUT2D eigenvalue weighted by atomic mass is 32.2. The van der Waals surface area contributed by atoms with E-state index in [1.807, 2.05) is 4.57 Å². The average molecular weight is 334 g/mol. The minimum atomic E-state index is -1.18. The van der Waals surface area contributed by atoms with Crippen molar-refractivity contribution in [2.75, 3.05) is 25.5 Å². The van der Waals surface area contributed by atoms with E-state index >= 15 is 0 Å². The smallest absolute Gasteiger partial charge is 0.341 e. The van der Waals surface area contributed by atoms with Gasteiger partial charge in [-0.15, -0.1) is 11.8 Å². The fourth-order valence-electron chi connectivity index (χ4n) is 2.85. The monoisotopic (exact) mass is 334 g/mol. The van der Waals surface area contributed by atoms with Gasteiger partial charge in [0.15, 0.2) is 0 Å². The largest absolute Gasteiger partial charge is 0.477 e. The second-order valence-electron chi connectivity index (χ2n) is 5.35. The Hall–Kier alpha value is -1.83. The van der Waals surface area contributed by atoms with Crippen molar-refractivity contribution in [3.63, 3.8) is 0 Å². The minimum absolute atomic E-state index is 0.168. The summed E-state index contributed by atoms with van der Waals surface area (Å²) in [6.45, 7) is 2.34. The molecule has 0 radical (unpaired) electrons. The number of thioether (sulfide) groups is 1. The fraction of sp³-hybridized carbons (Fsp3) is 0.375. The van der Waals surface area contributed by atoms with Crippen molar-refractivity contribution in [2.45, 2.75) is 17.9 Å². The molecule has 1 aromatic heterocycles. The van der Waals surface area contributed by atoms with E-state index in [1.54, 1.807) is 17.8 Å². The number of aromatic carboxylic acids is 1. The van der Waals surface area contributed by atoms with Gasteiger partial charge in [-0.05, 0) is 24.1 Å². The highest BCUT2D eigenvalue weighted by molar-refractivity contribution is 7.99. The van der Waals surface area contributed by atoms with Gasteiger partial charge in [0.1, 0.15) is 5.56 Å². The average Bonchev–Trinajstić information content (AvgIpc) is 2.93. The van der Waals surface area contributed by atoms with Crippen molar-refractivity contribution >= 4 is 28.6 Å². The van der Waals surface area contributed by atoms with Crippen LogP contribution in [0.15, 0.2) is 28.0 Å². The third-order valence-corrected chi connectivity index (χ3v) is 4.77. The summed E-state index contributed by atoms with van der Waals surface area (Å²) in [5.74, 6) is -0.417. The van der Waals surface area contributed by atoms with Gasteiger partial charge in [0, 0.05) is 35.3 Å². The van der Waals surface area contributed by atoms with Crippen LogP contribution in [-0.2, 0) is 17.7 Å². The van der Waals surface area contributed by atoms with Crippen LogP contribution in [0.1, 0.15) is 15.9 Å². The van der Waals surface area contributed by atoms with Gasteiger partial charge >= 0.3 is 5.97 Å². The molecule has 0 amide bonds. The molecule has 2 heterocycles. The number of nitrogens with zero attached hydrogens (tertiary/aromatic N) is 1. The van der Waals surface area contributed by atoms with Crippen LogP contribution in [0, 0.1) is 0 Å². The summed E-state index contributed by atoms with van der Waals surface area (Å²) in [5, 5.41) is 9.70. The highest BCUT2D eigenvalue weighted by Crippen LogP contribution is 2.30. The molecule has 0 aliphatic carbocycles. The third-order valence-electron chi connectivity index (χ3n) is 3.83. The lowest BCUT2D eigenvalue weighted by atomic mass is 10.1. The molecule has 6 nitrogen and oxygen atoms in total. The lowest BCUT2D eigenvalue weighted by Gasteiger charge is -2.09. The molecule has 23 heavy (non-hydrogen) atoms. The summed E-state index contributed by atoms with van der Waals surface area (Å²) in [6.07, 6.45) is 2.27. The topological polar surface area (TPSA) is 94.6 Å². The number of carbonyl (C=O) groups is 1. The number of rotatable bonds is 7. The number of pyridine rings is 1. The number of benzene rings is 1. The Morgan fingerprint density at radius 2 is 2.22 bits per heavy atom. The summed E-state index contributed by atoms with van der Waals surface area (Å²) < 4.78 is 7.21. The van der Waals surface area contributed by atoms with E-state index in [4.69, 9.17) is 10.5 Å². The highest BCUT2D eigenvalue weighted by Gasteiger charge is 2.21. The quantitative estimate of drug-likeness (QED) is 0.586. The molecular formula is C16H18N2O4S. The number of aromatic nitrogens is 1. The number of hydrogen-bond acceptors (Lipinski definition) is 5. The van der Waals surface area contributed by atoms with Gasteiger partial charge in [0.25, 0.3) is 0 Å². The van der Waals surface area contributed by atoms with Gasteiger partial charge < -0.3 is 20.1 Å². The van der Waals surface area contributed by atoms with Gasteiger partial charge in [-0.3, -0.25) is 4.79 Å². The van der Waals surface area contributed by atoms with E-state index in [-0.39, 0.29) is 5.56 Å². The first-order valence-electron chi connectivity index (χ1n) is 7.46. The van der Waals surface area contributed by atoms with Crippen molar-refractivity contribution < 1.29 is 14.6 Å². The molecule has 0 fully saturated rings. The molecule has 0 spiro atoms. The molecule has 3 rings (SSSR count). The molecule has 0 saturated heterocycles. The molecule has 0 saturated carbocycles. The molecule has 0 bridgehead atoms. The number of carboxylic acids is 1. The summed E-state index contributed by atoms with van der Waals surface area (Å²) in [5.41, 5.74) is 6.75. The fourth-order valence-corrected chi connectivity index (χ4v) is 3.71. The Morgan fingerprint density at radius 1 is 1.39 bits per heavy atom. The van der Waals surface area contributed by atoms with E-state index in [9.17, 15) is 14.7 Å². The second kappa shape index (κ2) is 6.74. The predicted molar refractivity (Wildman–Crippen MR) is 89.5 cm³/mol. The van der Waals surface area contributed by atoms with Crippen molar-refractivity contribution in [3.05, 3.63) is 39.7 Å². The Kier molecular flexibility index (Phi) is 4.70. The third kappa shape index (κ3) is 3.12. The maximum atomic E-state index is 12.4. The number of ether oxygens (including phenoxy) is 1. The van der Waals surface area contributed by atoms with Gasteiger partial charge in [0.05, 0.1) is 18.7 Å². The van der Waals surface area contributed by atoms with Crippen LogP contribution in [-0.4, -0.2) is 41.2 Å². The zero-order valence-corrected chi connectivity index (χ0v) is 13.4. The first kappa shape index (κ1) is 16.0. The molecule has 122 valence electrons. The Labute approximate surface area is 137 Å². The second-order valence-corrected chi connectivity index (χ2v) is 6.52. The molecule has 1 aliphatic rings. The standard InChI is InChI=1S/C16H18N2O4S/c17-2-4-22-5-6-23-11-7-10-1-3-18-9-13(16(20)21)15(19)12(8-11)14(10)18/h7-9H,1-6,17H2,(H,20,21). The first-order chi connectivity index (χ1) is 11.1. The molecule has 0 atom stereocenters. The summed E-state index contributed by atoms with van der Waals surface area (Å²) in [4.78, 5) is 24.7. The minimum Gasteiger partial charge on any atom is -0.477 e. The van der Waals surface area contributed by atoms with Gasteiger partial charge in [0.2, 0.25) is 5.43 Å². The van der Waals surface area contributed by atoms with Crippen LogP contribution in [0.2, 0.25) is 0 Å². The lowest BCUT2D eigenvalue weighted by Crippen LogP contribution is -2.17. The summed E-state index contributed by atoms with van der Waals surface area (Å²) in [6, 6.07) is 3.88. The maximum absolute atomic E-state index is 12.4. The normalized spacial score (nSPS) is 12.9. The van der Waals surface area contributed by atoms with E-state index in [0.717, 1.165) is 28.1 Å². The van der Waals surface area contributed by atoms with Crippen LogP contribution in [0.5, 0.6) is 0 Å². The van der Waals surface area contributed by atoms with Crippen molar-refractivity contribution in [3.8, 4) is 0 Å². The van der Waals surface area contributed by atoms with Crippen LogP contribution < -0.4 is 11.2 Å². The van der Waals surface area contributed by atoms with Crippen molar-refractivity contribution in [1.29, 1.82) is 0 Å². The van der Waals surface area contributed by atoms with E-state index in [0.29, 0.717) is 31.7 Å². The Morgan fingerprint density at radius 3 is 2.96 bits per heavy atom. The summed E-state index contributed by atoms with van der Waals surface area (Å²) in [7, 11) is 0. The number of hydrogen-bond donors (Lipinski definition) is 2. The van der Waals surface area contributed by atoms with Crippen LogP contribution in [0.3, 0.4) is 0 Å². The number of carboxylic acid groups (broad SMARTS) is 1. The molecule has 7 heteroatoms. The van der Waals surface area contributed by atoms with E-state index < -0.39 is 11.4 Å². The van der Waals surface area contributed by atoms with Crippen molar-refractivity contribution in [2.24, 2.45) is 5.73 Å². The van der Waals surface area contributed by atoms with Gasteiger partial charge in [-0.1, -0.05) is 0 Å². The molecule has 1 aromatic carbocycles. The predicted octanol–water partition coefficient (Wildman–Crippen LogP) is 1.32. The van der Waals surface area contributed by atoms with E-state index in [1.165, 1.54) is 6.20 Å². The van der Waals surface area contributed by atoms with Gasteiger partial charge in [-0.2, -0.15) is 0 Å².